The number of carbonyl (C=O) groups excluding carboxylic acids is 3. The minimum absolute atomic E-state index is 0.00898. The number of allylic oxidation sites excluding steroid dienone is 4. The monoisotopic (exact) mass is 474 g/mol. The number of nitrogens with zero attached hydrogens (tertiary/aromatic N) is 3. The van der Waals surface area contributed by atoms with Crippen LogP contribution in [0.3, 0.4) is 0 Å². The van der Waals surface area contributed by atoms with E-state index in [0.717, 1.165) is 0 Å². The Morgan fingerprint density at radius 3 is 2.63 bits per heavy atom. The average Bonchev–Trinajstić information content (AvgIpc) is 3.35. The number of aromatic nitrogens is 3. The van der Waals surface area contributed by atoms with Crippen LogP contribution >= 0.6 is 0 Å². The van der Waals surface area contributed by atoms with Gasteiger partial charge in [0.25, 0.3) is 0 Å². The van der Waals surface area contributed by atoms with E-state index in [0.29, 0.717) is 17.2 Å². The molecule has 1 aromatic carbocycles. The molecule has 0 bridgehead atoms. The van der Waals surface area contributed by atoms with Gasteiger partial charge in [-0.1, -0.05) is 6.07 Å². The van der Waals surface area contributed by atoms with Crippen molar-refractivity contribution >= 4 is 23.0 Å². The Balaban J connectivity index is 1.59. The van der Waals surface area contributed by atoms with Crippen LogP contribution in [-0.2, 0) is 21.5 Å². The smallest absolute Gasteiger partial charge is 0.194 e. The first kappa shape index (κ1) is 22.3. The summed E-state index contributed by atoms with van der Waals surface area (Å²) < 4.78 is 7.56. The van der Waals surface area contributed by atoms with Gasteiger partial charge in [0.05, 0.1) is 17.7 Å². The third kappa shape index (κ3) is 2.99. The first-order valence-corrected chi connectivity index (χ1v) is 10.9. The van der Waals surface area contributed by atoms with Crippen LogP contribution in [0.2, 0.25) is 0 Å². The van der Waals surface area contributed by atoms with Crippen molar-refractivity contribution in [3.05, 3.63) is 70.0 Å². The van der Waals surface area contributed by atoms with E-state index in [-0.39, 0.29) is 46.1 Å². The molecular formula is C25H22N4O6. The third-order valence-electron chi connectivity index (χ3n) is 6.66. The number of phenolic OH excluding ortho intramolecular Hbond substituents is 2. The summed E-state index contributed by atoms with van der Waals surface area (Å²) >= 11 is 0. The van der Waals surface area contributed by atoms with E-state index in [1.54, 1.807) is 11.3 Å². The maximum atomic E-state index is 13.8. The summed E-state index contributed by atoms with van der Waals surface area (Å²) in [6, 6.07) is 5.49. The third-order valence-corrected chi connectivity index (χ3v) is 6.66. The number of hydrogen-bond acceptors (Lipinski definition) is 9. The topological polar surface area (TPSA) is 143 Å². The van der Waals surface area contributed by atoms with Gasteiger partial charge < -0.3 is 20.3 Å². The maximum absolute atomic E-state index is 13.8. The molecule has 1 atom stereocenters. The zero-order valence-corrected chi connectivity index (χ0v) is 19.5. The summed E-state index contributed by atoms with van der Waals surface area (Å²) in [6.07, 6.45) is 2.99. The molecule has 3 N–H and O–H groups in total. The Bertz CT molecular complexity index is 1550. The molecule has 2 aliphatic rings. The van der Waals surface area contributed by atoms with Crippen molar-refractivity contribution in [3.8, 4) is 17.2 Å². The lowest BCUT2D eigenvalue weighted by Gasteiger charge is -2.29. The van der Waals surface area contributed by atoms with Crippen molar-refractivity contribution in [1.82, 2.24) is 19.9 Å². The van der Waals surface area contributed by atoms with Gasteiger partial charge in [-0.25, -0.2) is 0 Å². The molecular weight excluding hydrogens is 452 g/mol. The van der Waals surface area contributed by atoms with Crippen molar-refractivity contribution in [1.29, 1.82) is 0 Å². The van der Waals surface area contributed by atoms with Crippen LogP contribution in [0, 0.1) is 6.92 Å². The number of hydrogen-bond donors (Lipinski definition) is 3. The standard InChI is InChI=1S/C25H22N4O6/c1-11-21(32)19(13(3)30)23-20(22(11)33)25(4)15(35-23)9-14(31)18(24(25)34)12(2)26-10-17-28-27-16-7-5-6-8-29(16)17/h5-9,26,32-33H,10H2,1-4H3. The number of nitrogens with one attached hydrogen (secondary N) is 1. The highest BCUT2D eigenvalue weighted by atomic mass is 16.5. The second-order valence-electron chi connectivity index (χ2n) is 8.79. The Morgan fingerprint density at radius 2 is 1.91 bits per heavy atom. The Morgan fingerprint density at radius 1 is 1.17 bits per heavy atom. The number of rotatable bonds is 4. The van der Waals surface area contributed by atoms with Gasteiger partial charge >= 0.3 is 0 Å². The van der Waals surface area contributed by atoms with E-state index in [9.17, 15) is 24.6 Å². The molecule has 1 aliphatic carbocycles. The predicted molar refractivity (Wildman–Crippen MR) is 123 cm³/mol. The highest BCUT2D eigenvalue weighted by molar-refractivity contribution is 6.31. The summed E-state index contributed by atoms with van der Waals surface area (Å²) in [7, 11) is 0. The molecule has 3 aromatic rings. The lowest BCUT2D eigenvalue weighted by atomic mass is 9.70. The van der Waals surface area contributed by atoms with Gasteiger partial charge in [-0.15, -0.1) is 10.2 Å². The van der Waals surface area contributed by atoms with Crippen LogP contribution in [0.5, 0.6) is 17.2 Å². The fourth-order valence-electron chi connectivity index (χ4n) is 4.67. The molecule has 0 fully saturated rings. The second-order valence-corrected chi connectivity index (χ2v) is 8.79. The van der Waals surface area contributed by atoms with Crippen LogP contribution in [-0.4, -0.2) is 42.2 Å². The molecule has 0 amide bonds. The summed E-state index contributed by atoms with van der Waals surface area (Å²) in [6.45, 7) is 6.02. The first-order chi connectivity index (χ1) is 16.6. The fraction of sp³-hybridized carbons (Fsp3) is 0.240. The van der Waals surface area contributed by atoms with Crippen LogP contribution in [0.25, 0.3) is 5.65 Å². The van der Waals surface area contributed by atoms with Gasteiger partial charge in [0, 0.05) is 23.5 Å². The lowest BCUT2D eigenvalue weighted by Crippen LogP contribution is -2.41. The molecule has 0 saturated carbocycles. The zero-order valence-electron chi connectivity index (χ0n) is 19.5. The number of Topliss-reactive ketones (excluding diaryl/α,β-unsaturated/α-hetero) is 2. The molecule has 35 heavy (non-hydrogen) atoms. The molecule has 0 radical (unpaired) electrons. The first-order valence-electron chi connectivity index (χ1n) is 10.9. The molecule has 1 aliphatic heterocycles. The Hall–Kier alpha value is -4.47. The highest BCUT2D eigenvalue weighted by Crippen LogP contribution is 2.57. The van der Waals surface area contributed by atoms with Gasteiger partial charge in [-0.2, -0.15) is 0 Å². The van der Waals surface area contributed by atoms with E-state index >= 15 is 0 Å². The molecule has 5 rings (SSSR count). The second kappa shape index (κ2) is 7.52. The van der Waals surface area contributed by atoms with Gasteiger partial charge in [0.1, 0.15) is 34.0 Å². The maximum Gasteiger partial charge on any atom is 0.194 e. The zero-order chi connectivity index (χ0) is 25.2. The van der Waals surface area contributed by atoms with Crippen molar-refractivity contribution in [3.63, 3.8) is 0 Å². The molecule has 178 valence electrons. The van der Waals surface area contributed by atoms with E-state index in [2.05, 4.69) is 15.5 Å². The largest absolute Gasteiger partial charge is 0.507 e. The van der Waals surface area contributed by atoms with Crippen molar-refractivity contribution in [2.75, 3.05) is 0 Å². The van der Waals surface area contributed by atoms with Gasteiger partial charge in [-0.05, 0) is 39.8 Å². The van der Waals surface area contributed by atoms with E-state index < -0.39 is 28.5 Å². The number of ether oxygens (including phenoxy) is 1. The van der Waals surface area contributed by atoms with Crippen LogP contribution in [0.4, 0.5) is 0 Å². The van der Waals surface area contributed by atoms with E-state index in [1.165, 1.54) is 26.8 Å². The number of benzene rings is 1. The highest BCUT2D eigenvalue weighted by Gasteiger charge is 2.56. The molecule has 3 heterocycles. The Labute approximate surface area is 199 Å². The van der Waals surface area contributed by atoms with Crippen molar-refractivity contribution < 1.29 is 29.3 Å². The minimum Gasteiger partial charge on any atom is -0.507 e. The fourth-order valence-corrected chi connectivity index (χ4v) is 4.67. The molecule has 2 aromatic heterocycles. The predicted octanol–water partition coefficient (Wildman–Crippen LogP) is 2.40. The van der Waals surface area contributed by atoms with E-state index in [4.69, 9.17) is 4.74 Å². The summed E-state index contributed by atoms with van der Waals surface area (Å²) in [4.78, 5) is 39.1. The Kier molecular flexibility index (Phi) is 4.80. The number of aromatic hydroxyl groups is 2. The van der Waals surface area contributed by atoms with Crippen LogP contribution in [0.15, 0.2) is 47.5 Å². The number of fused-ring (bicyclic) bond motifs is 4. The number of phenols is 2. The minimum atomic E-state index is -1.56. The molecule has 1 unspecified atom stereocenters. The SMILES string of the molecule is CC(=O)c1c(O)c(C)c(O)c2c1OC1=CC(=O)C(=C(C)NCc3nnc4ccccn34)C(=O)C12C. The molecule has 0 spiro atoms. The molecule has 10 heteroatoms. The molecule has 0 saturated heterocycles. The van der Waals surface area contributed by atoms with Crippen molar-refractivity contribution in [2.24, 2.45) is 0 Å². The van der Waals surface area contributed by atoms with Gasteiger partial charge in [0.2, 0.25) is 0 Å². The van der Waals surface area contributed by atoms with Crippen LogP contribution in [0.1, 0.15) is 48.1 Å². The normalized spacial score (nSPS) is 20.3. The van der Waals surface area contributed by atoms with Gasteiger partial charge in [0.15, 0.2) is 28.8 Å². The van der Waals surface area contributed by atoms with E-state index in [1.807, 2.05) is 24.4 Å². The van der Waals surface area contributed by atoms with Crippen LogP contribution < -0.4 is 10.1 Å². The van der Waals surface area contributed by atoms with Gasteiger partial charge in [-0.3, -0.25) is 18.8 Å². The number of pyridine rings is 1. The van der Waals surface area contributed by atoms with Crippen molar-refractivity contribution in [2.45, 2.75) is 39.7 Å². The lowest BCUT2D eigenvalue weighted by molar-refractivity contribution is -0.123. The summed E-state index contributed by atoms with van der Waals surface area (Å²) in [5.41, 5.74) is -0.731. The quantitative estimate of drug-likeness (QED) is 0.295. The molecule has 10 nitrogen and oxygen atoms in total. The number of ketones is 3. The average molecular weight is 474 g/mol. The summed E-state index contributed by atoms with van der Waals surface area (Å²) in [5, 5.41) is 32.7. The summed E-state index contributed by atoms with van der Waals surface area (Å²) in [5.74, 6) is -2.00. The number of carbonyl (C=O) groups is 3.